The largest absolute Gasteiger partial charge is 0.442 e. The summed E-state index contributed by atoms with van der Waals surface area (Å²) in [6, 6.07) is 6.75. The Kier molecular flexibility index (Phi) is 5.00. The van der Waals surface area contributed by atoms with Gasteiger partial charge in [0, 0.05) is 48.3 Å². The molecule has 8 heteroatoms. The number of benzene rings is 1. The lowest BCUT2D eigenvalue weighted by atomic mass is 10.1. The lowest BCUT2D eigenvalue weighted by molar-refractivity contribution is -0.384. The van der Waals surface area contributed by atoms with Gasteiger partial charge < -0.3 is 14.1 Å². The van der Waals surface area contributed by atoms with Gasteiger partial charge in [-0.2, -0.15) is 5.26 Å². The van der Waals surface area contributed by atoms with Gasteiger partial charge in [-0.25, -0.2) is 4.99 Å². The Labute approximate surface area is 150 Å². The first-order valence-corrected chi connectivity index (χ1v) is 8.16. The summed E-state index contributed by atoms with van der Waals surface area (Å²) in [5, 5.41) is 20.4. The van der Waals surface area contributed by atoms with E-state index in [0.717, 1.165) is 11.3 Å². The quantitative estimate of drug-likeness (QED) is 0.474. The van der Waals surface area contributed by atoms with E-state index in [1.807, 2.05) is 0 Å². The molecule has 0 spiro atoms. The summed E-state index contributed by atoms with van der Waals surface area (Å²) in [6.45, 7) is 6.15. The molecule has 1 aromatic carbocycles. The molecule has 0 amide bonds. The highest BCUT2D eigenvalue weighted by Crippen LogP contribution is 2.29. The van der Waals surface area contributed by atoms with Crippen molar-refractivity contribution >= 4 is 23.5 Å². The molecule has 1 aliphatic heterocycles. The monoisotopic (exact) mass is 354 g/mol. The summed E-state index contributed by atoms with van der Waals surface area (Å²) in [6.07, 6.45) is 1.51. The SMILES string of the molecule is Cc1oc(N=Cc2cc([N+](=O)[O-])ccc2N2CCOCC2)c(C#N)c1C. The van der Waals surface area contributed by atoms with Crippen LogP contribution in [0.5, 0.6) is 0 Å². The van der Waals surface area contributed by atoms with Gasteiger partial charge in [-0.05, 0) is 19.9 Å². The summed E-state index contributed by atoms with van der Waals surface area (Å²) in [5.74, 6) is 0.836. The third kappa shape index (κ3) is 3.43. The highest BCUT2D eigenvalue weighted by molar-refractivity contribution is 5.90. The highest BCUT2D eigenvalue weighted by Gasteiger charge is 2.18. The van der Waals surface area contributed by atoms with Gasteiger partial charge in [0.1, 0.15) is 17.4 Å². The van der Waals surface area contributed by atoms with Crippen molar-refractivity contribution in [3.8, 4) is 6.07 Å². The van der Waals surface area contributed by atoms with Gasteiger partial charge in [-0.15, -0.1) is 0 Å². The van der Waals surface area contributed by atoms with Gasteiger partial charge in [0.15, 0.2) is 0 Å². The topological polar surface area (TPSA) is 105 Å². The molecule has 1 aliphatic rings. The molecule has 0 N–H and O–H groups in total. The molecule has 0 radical (unpaired) electrons. The molecule has 3 rings (SSSR count). The molecule has 2 heterocycles. The van der Waals surface area contributed by atoms with E-state index in [1.54, 1.807) is 19.9 Å². The van der Waals surface area contributed by atoms with Crippen molar-refractivity contribution in [3.05, 3.63) is 50.8 Å². The van der Waals surface area contributed by atoms with Crippen LogP contribution in [0.25, 0.3) is 0 Å². The van der Waals surface area contributed by atoms with E-state index in [2.05, 4.69) is 16.0 Å². The molecular formula is C18H18N4O4. The number of nitriles is 1. The van der Waals surface area contributed by atoms with Crippen molar-refractivity contribution in [2.24, 2.45) is 4.99 Å². The Balaban J connectivity index is 2.02. The molecule has 2 aromatic rings. The number of anilines is 1. The van der Waals surface area contributed by atoms with Crippen LogP contribution in [-0.4, -0.2) is 37.4 Å². The van der Waals surface area contributed by atoms with Crippen molar-refractivity contribution in [3.63, 3.8) is 0 Å². The Morgan fingerprint density at radius 2 is 2.08 bits per heavy atom. The van der Waals surface area contributed by atoms with Gasteiger partial charge in [0.05, 0.1) is 18.1 Å². The first-order chi connectivity index (χ1) is 12.5. The minimum absolute atomic E-state index is 0.0178. The third-order valence-corrected chi connectivity index (χ3v) is 4.37. The minimum atomic E-state index is -0.442. The minimum Gasteiger partial charge on any atom is -0.442 e. The van der Waals surface area contributed by atoms with Crippen LogP contribution in [0.1, 0.15) is 22.5 Å². The van der Waals surface area contributed by atoms with E-state index >= 15 is 0 Å². The van der Waals surface area contributed by atoms with Crippen LogP contribution >= 0.6 is 0 Å². The Hall–Kier alpha value is -3.18. The number of rotatable bonds is 4. The average Bonchev–Trinajstić information content (AvgIpc) is 2.93. The van der Waals surface area contributed by atoms with Crippen molar-refractivity contribution in [2.75, 3.05) is 31.2 Å². The number of morpholine rings is 1. The maximum absolute atomic E-state index is 11.1. The number of aliphatic imine (C=N–C) groups is 1. The number of aryl methyl sites for hydroxylation is 1. The van der Waals surface area contributed by atoms with Gasteiger partial charge in [-0.1, -0.05) is 0 Å². The van der Waals surface area contributed by atoms with Crippen LogP contribution in [0.2, 0.25) is 0 Å². The number of furan rings is 1. The maximum Gasteiger partial charge on any atom is 0.270 e. The predicted molar refractivity (Wildman–Crippen MR) is 96.3 cm³/mol. The number of nitro benzene ring substituents is 1. The van der Waals surface area contributed by atoms with Gasteiger partial charge in [-0.3, -0.25) is 10.1 Å². The van der Waals surface area contributed by atoms with E-state index in [0.29, 0.717) is 43.2 Å². The summed E-state index contributed by atoms with van der Waals surface area (Å²) in [7, 11) is 0. The predicted octanol–water partition coefficient (Wildman–Crippen LogP) is 3.26. The van der Waals surface area contributed by atoms with Crippen LogP contribution in [-0.2, 0) is 4.74 Å². The Bertz CT molecular complexity index is 905. The smallest absolute Gasteiger partial charge is 0.270 e. The van der Waals surface area contributed by atoms with E-state index < -0.39 is 4.92 Å². The lowest BCUT2D eigenvalue weighted by Gasteiger charge is -2.29. The Morgan fingerprint density at radius 1 is 1.35 bits per heavy atom. The second-order valence-corrected chi connectivity index (χ2v) is 5.93. The summed E-state index contributed by atoms with van der Waals surface area (Å²) >= 11 is 0. The summed E-state index contributed by atoms with van der Waals surface area (Å²) in [5.41, 5.74) is 2.53. The van der Waals surface area contributed by atoms with Crippen molar-refractivity contribution in [1.29, 1.82) is 5.26 Å². The fourth-order valence-corrected chi connectivity index (χ4v) is 2.81. The van der Waals surface area contributed by atoms with Crippen molar-refractivity contribution in [1.82, 2.24) is 0 Å². The molecule has 0 atom stereocenters. The molecule has 0 saturated carbocycles. The normalized spacial score (nSPS) is 14.6. The molecule has 26 heavy (non-hydrogen) atoms. The van der Waals surface area contributed by atoms with E-state index in [4.69, 9.17) is 9.15 Å². The number of nitro groups is 1. The molecular weight excluding hydrogens is 336 g/mol. The van der Waals surface area contributed by atoms with Gasteiger partial charge in [0.2, 0.25) is 5.88 Å². The fourth-order valence-electron chi connectivity index (χ4n) is 2.81. The lowest BCUT2D eigenvalue weighted by Crippen LogP contribution is -2.36. The average molecular weight is 354 g/mol. The van der Waals surface area contributed by atoms with Crippen LogP contribution in [0.15, 0.2) is 27.6 Å². The first-order valence-electron chi connectivity index (χ1n) is 8.16. The zero-order valence-corrected chi connectivity index (χ0v) is 14.6. The molecule has 0 bridgehead atoms. The Morgan fingerprint density at radius 3 is 2.73 bits per heavy atom. The number of nitrogens with zero attached hydrogens (tertiary/aromatic N) is 4. The molecule has 8 nitrogen and oxygen atoms in total. The van der Waals surface area contributed by atoms with Crippen LogP contribution in [0.4, 0.5) is 17.3 Å². The van der Waals surface area contributed by atoms with E-state index in [-0.39, 0.29) is 11.6 Å². The van der Waals surface area contributed by atoms with E-state index in [1.165, 1.54) is 18.3 Å². The first kappa shape index (κ1) is 17.6. The second kappa shape index (κ2) is 7.37. The molecule has 1 saturated heterocycles. The molecule has 134 valence electrons. The van der Waals surface area contributed by atoms with E-state index in [9.17, 15) is 15.4 Å². The highest BCUT2D eigenvalue weighted by atomic mass is 16.6. The number of ether oxygens (including phenoxy) is 1. The number of hydrogen-bond donors (Lipinski definition) is 0. The molecule has 0 aliphatic carbocycles. The third-order valence-electron chi connectivity index (χ3n) is 4.37. The maximum atomic E-state index is 11.1. The van der Waals surface area contributed by atoms with Crippen LogP contribution in [0.3, 0.4) is 0 Å². The molecule has 1 aromatic heterocycles. The van der Waals surface area contributed by atoms with Crippen molar-refractivity contribution in [2.45, 2.75) is 13.8 Å². The zero-order valence-electron chi connectivity index (χ0n) is 14.6. The zero-order chi connectivity index (χ0) is 18.7. The molecule has 1 fully saturated rings. The van der Waals surface area contributed by atoms with Crippen molar-refractivity contribution < 1.29 is 14.1 Å². The second-order valence-electron chi connectivity index (χ2n) is 5.93. The van der Waals surface area contributed by atoms with Gasteiger partial charge >= 0.3 is 0 Å². The van der Waals surface area contributed by atoms with Crippen LogP contribution < -0.4 is 4.90 Å². The fraction of sp³-hybridized carbons (Fsp3) is 0.333. The number of hydrogen-bond acceptors (Lipinski definition) is 7. The number of non-ortho nitro benzene ring substituents is 1. The standard InChI is InChI=1S/C18H18N4O4/c1-12-13(2)26-18(16(12)10-19)20-11-14-9-15(22(23)24)3-4-17(14)21-5-7-25-8-6-21/h3-4,9,11H,5-8H2,1-2H3. The summed E-state index contributed by atoms with van der Waals surface area (Å²) in [4.78, 5) is 17.1. The molecule has 0 unspecified atom stereocenters. The van der Waals surface area contributed by atoms with Crippen LogP contribution in [0, 0.1) is 35.3 Å². The summed E-state index contributed by atoms with van der Waals surface area (Å²) < 4.78 is 10.9. The van der Waals surface area contributed by atoms with Gasteiger partial charge in [0.25, 0.3) is 5.69 Å².